The topological polar surface area (TPSA) is 120 Å². The van der Waals surface area contributed by atoms with E-state index in [-0.39, 0.29) is 17.9 Å². The molecule has 0 unspecified atom stereocenters. The average Bonchev–Trinajstić information content (AvgIpc) is 3.44. The van der Waals surface area contributed by atoms with Gasteiger partial charge in [0.2, 0.25) is 0 Å². The van der Waals surface area contributed by atoms with Crippen LogP contribution in [0.3, 0.4) is 0 Å². The van der Waals surface area contributed by atoms with Gasteiger partial charge < -0.3 is 15.2 Å². The number of nitrogens with one attached hydrogen (secondary N) is 2. The molecule has 0 bridgehead atoms. The molecule has 37 heavy (non-hydrogen) atoms. The Morgan fingerprint density at radius 1 is 1.19 bits per heavy atom. The quantitative estimate of drug-likeness (QED) is 0.348. The summed E-state index contributed by atoms with van der Waals surface area (Å²) in [7, 11) is 0. The molecule has 1 amide bonds. The molecule has 1 fully saturated rings. The van der Waals surface area contributed by atoms with Crippen LogP contribution in [0.25, 0.3) is 11.1 Å². The van der Waals surface area contributed by atoms with Crippen LogP contribution in [0.4, 0.5) is 4.39 Å². The number of rotatable bonds is 11. The first-order valence-electron chi connectivity index (χ1n) is 12.1. The molecule has 4 rings (SSSR count). The molecule has 3 N–H and O–H groups in total. The standard InChI is InChI=1S/C26H29ClFN5O4/c27-20-5-6-23(28)22(15-20)18-3-1-17(2-4-18)13-21(30-25(34)24-16-29-32-31-24)14-19(26(35)36)7-8-33-9-11-37-12-10-33/h1-6,15-16,19,21H,7-14H2,(H,30,34)(H,35,36)(H,29,31,32)/t19-,21-/m1/s1. The zero-order valence-corrected chi connectivity index (χ0v) is 21.0. The lowest BCUT2D eigenvalue weighted by Gasteiger charge is -2.28. The number of hydrogen-bond acceptors (Lipinski definition) is 6. The second kappa shape index (κ2) is 12.8. The molecule has 0 aliphatic carbocycles. The molecule has 1 aliphatic heterocycles. The molecule has 3 aromatic rings. The normalized spacial score (nSPS) is 15.7. The molecule has 0 radical (unpaired) electrons. The van der Waals surface area contributed by atoms with Crippen molar-refractivity contribution in [3.63, 3.8) is 0 Å². The number of ether oxygens (including phenoxy) is 1. The summed E-state index contributed by atoms with van der Waals surface area (Å²) < 4.78 is 19.7. The Kier molecular flexibility index (Phi) is 9.21. The van der Waals surface area contributed by atoms with Crippen molar-refractivity contribution >= 4 is 23.5 Å². The van der Waals surface area contributed by atoms with Crippen molar-refractivity contribution in [3.05, 3.63) is 70.8 Å². The number of carboxylic acids is 1. The van der Waals surface area contributed by atoms with E-state index in [4.69, 9.17) is 16.3 Å². The van der Waals surface area contributed by atoms with Gasteiger partial charge in [-0.2, -0.15) is 15.4 Å². The molecule has 11 heteroatoms. The third kappa shape index (κ3) is 7.58. The summed E-state index contributed by atoms with van der Waals surface area (Å²) in [5.41, 5.74) is 2.05. The number of amides is 1. The first-order chi connectivity index (χ1) is 17.9. The molecule has 1 saturated heterocycles. The van der Waals surface area contributed by atoms with Crippen LogP contribution in [-0.4, -0.2) is 76.2 Å². The molecule has 0 spiro atoms. The maximum absolute atomic E-state index is 14.3. The zero-order valence-electron chi connectivity index (χ0n) is 20.2. The van der Waals surface area contributed by atoms with Gasteiger partial charge in [-0.15, -0.1) is 0 Å². The predicted octanol–water partition coefficient (Wildman–Crippen LogP) is 3.42. The molecule has 2 heterocycles. The summed E-state index contributed by atoms with van der Waals surface area (Å²) in [6.45, 7) is 3.48. The summed E-state index contributed by atoms with van der Waals surface area (Å²) >= 11 is 6.03. The second-order valence-electron chi connectivity index (χ2n) is 9.06. The van der Waals surface area contributed by atoms with Gasteiger partial charge in [-0.1, -0.05) is 35.9 Å². The van der Waals surface area contributed by atoms with E-state index in [1.807, 2.05) is 12.1 Å². The number of morpholine rings is 1. The molecule has 1 aromatic heterocycles. The van der Waals surface area contributed by atoms with Crippen molar-refractivity contribution in [1.82, 2.24) is 25.6 Å². The Balaban J connectivity index is 1.48. The lowest BCUT2D eigenvalue weighted by atomic mass is 9.91. The van der Waals surface area contributed by atoms with Crippen LogP contribution in [0.2, 0.25) is 5.02 Å². The molecule has 9 nitrogen and oxygen atoms in total. The molecule has 2 aromatic carbocycles. The summed E-state index contributed by atoms with van der Waals surface area (Å²) in [5.74, 6) is -2.36. The van der Waals surface area contributed by atoms with Crippen molar-refractivity contribution in [2.24, 2.45) is 5.92 Å². The first-order valence-corrected chi connectivity index (χ1v) is 12.5. The Morgan fingerprint density at radius 2 is 1.95 bits per heavy atom. The first kappa shape index (κ1) is 26.7. The van der Waals surface area contributed by atoms with E-state index in [9.17, 15) is 19.1 Å². The average molecular weight is 530 g/mol. The third-order valence-corrected chi connectivity index (χ3v) is 6.71. The van der Waals surface area contributed by atoms with Gasteiger partial charge in [-0.05, 0) is 55.1 Å². The predicted molar refractivity (Wildman–Crippen MR) is 136 cm³/mol. The number of hydrogen-bond donors (Lipinski definition) is 3. The van der Waals surface area contributed by atoms with Crippen molar-refractivity contribution in [2.45, 2.75) is 25.3 Å². The molecular weight excluding hydrogens is 501 g/mol. The highest BCUT2D eigenvalue weighted by Gasteiger charge is 2.26. The third-order valence-electron chi connectivity index (χ3n) is 6.47. The number of H-pyrrole nitrogens is 1. The minimum absolute atomic E-state index is 0.122. The highest BCUT2D eigenvalue weighted by molar-refractivity contribution is 6.30. The maximum Gasteiger partial charge on any atom is 0.306 e. The summed E-state index contributed by atoms with van der Waals surface area (Å²) in [4.78, 5) is 27.0. The summed E-state index contributed by atoms with van der Waals surface area (Å²) in [5, 5.41) is 23.2. The van der Waals surface area contributed by atoms with Crippen LogP contribution in [0.5, 0.6) is 0 Å². The minimum atomic E-state index is -0.902. The van der Waals surface area contributed by atoms with Gasteiger partial charge in [0.05, 0.1) is 25.3 Å². The van der Waals surface area contributed by atoms with Crippen LogP contribution in [0.15, 0.2) is 48.7 Å². The van der Waals surface area contributed by atoms with Crippen molar-refractivity contribution in [2.75, 3.05) is 32.8 Å². The van der Waals surface area contributed by atoms with Crippen LogP contribution < -0.4 is 5.32 Å². The van der Waals surface area contributed by atoms with E-state index in [1.54, 1.807) is 18.2 Å². The minimum Gasteiger partial charge on any atom is -0.481 e. The monoisotopic (exact) mass is 529 g/mol. The Bertz CT molecular complexity index is 1190. The lowest BCUT2D eigenvalue weighted by Crippen LogP contribution is -2.41. The number of carboxylic acid groups (broad SMARTS) is 1. The fourth-order valence-electron chi connectivity index (χ4n) is 4.44. The molecular formula is C26H29ClFN5O4. The van der Waals surface area contributed by atoms with E-state index < -0.39 is 23.8 Å². The number of aromatic nitrogens is 3. The van der Waals surface area contributed by atoms with Crippen LogP contribution in [0, 0.1) is 11.7 Å². The number of carbonyl (C=O) groups is 2. The van der Waals surface area contributed by atoms with E-state index in [1.165, 1.54) is 18.3 Å². The van der Waals surface area contributed by atoms with Gasteiger partial charge in [0.1, 0.15) is 5.82 Å². The molecule has 0 saturated carbocycles. The molecule has 2 atom stereocenters. The Labute approximate surface area is 219 Å². The van der Waals surface area contributed by atoms with Gasteiger partial charge in [-0.3, -0.25) is 14.5 Å². The van der Waals surface area contributed by atoms with Crippen molar-refractivity contribution in [1.29, 1.82) is 0 Å². The maximum atomic E-state index is 14.3. The zero-order chi connectivity index (χ0) is 26.2. The number of carbonyl (C=O) groups excluding carboxylic acids is 1. The van der Waals surface area contributed by atoms with E-state index >= 15 is 0 Å². The Morgan fingerprint density at radius 3 is 2.62 bits per heavy atom. The summed E-state index contributed by atoms with van der Waals surface area (Å²) in [6.07, 6.45) is 2.41. The van der Waals surface area contributed by atoms with Gasteiger partial charge in [-0.25, -0.2) is 4.39 Å². The fourth-order valence-corrected chi connectivity index (χ4v) is 4.61. The van der Waals surface area contributed by atoms with Crippen LogP contribution in [-0.2, 0) is 16.0 Å². The highest BCUT2D eigenvalue weighted by Crippen LogP contribution is 2.27. The SMILES string of the molecule is O=C(N[C@H](Cc1ccc(-c2cc(Cl)ccc2F)cc1)C[C@@H](CCN1CCOCC1)C(=O)O)c1cn[nH]n1. The van der Waals surface area contributed by atoms with Crippen molar-refractivity contribution in [3.8, 4) is 11.1 Å². The number of aliphatic carboxylic acids is 1. The van der Waals surface area contributed by atoms with Gasteiger partial charge in [0.25, 0.3) is 5.91 Å². The Hall–Kier alpha value is -3.34. The number of aromatic amines is 1. The number of nitrogens with zero attached hydrogens (tertiary/aromatic N) is 3. The number of benzene rings is 2. The van der Waals surface area contributed by atoms with E-state index in [0.29, 0.717) is 48.7 Å². The summed E-state index contributed by atoms with van der Waals surface area (Å²) in [6, 6.07) is 11.2. The smallest absolute Gasteiger partial charge is 0.306 e. The van der Waals surface area contributed by atoms with Gasteiger partial charge >= 0.3 is 5.97 Å². The van der Waals surface area contributed by atoms with Gasteiger partial charge in [0.15, 0.2) is 5.69 Å². The van der Waals surface area contributed by atoms with Gasteiger partial charge in [0, 0.05) is 29.7 Å². The molecule has 196 valence electrons. The highest BCUT2D eigenvalue weighted by atomic mass is 35.5. The number of halogens is 2. The van der Waals surface area contributed by atoms with E-state index in [0.717, 1.165) is 18.7 Å². The largest absolute Gasteiger partial charge is 0.481 e. The second-order valence-corrected chi connectivity index (χ2v) is 9.50. The molecule has 1 aliphatic rings. The van der Waals surface area contributed by atoms with Crippen molar-refractivity contribution < 1.29 is 23.8 Å². The lowest BCUT2D eigenvalue weighted by molar-refractivity contribution is -0.142. The van der Waals surface area contributed by atoms with Crippen LogP contribution in [0.1, 0.15) is 28.9 Å². The van der Waals surface area contributed by atoms with E-state index in [2.05, 4.69) is 25.6 Å². The van der Waals surface area contributed by atoms with Crippen LogP contribution >= 0.6 is 11.6 Å². The fraction of sp³-hybridized carbons (Fsp3) is 0.385.